The van der Waals surface area contributed by atoms with Crippen LogP contribution in [0.3, 0.4) is 0 Å². The molecule has 0 bridgehead atoms. The molecule has 0 spiro atoms. The molecule has 2 N–H and O–H groups in total. The van der Waals surface area contributed by atoms with E-state index < -0.39 is 0 Å². The highest BCUT2D eigenvalue weighted by Gasteiger charge is 2.17. The van der Waals surface area contributed by atoms with Crippen molar-refractivity contribution in [1.82, 2.24) is 15.5 Å². The fraction of sp³-hybridized carbons (Fsp3) is 0.696. The third-order valence-corrected chi connectivity index (χ3v) is 5.59. The van der Waals surface area contributed by atoms with Crippen LogP contribution in [0.2, 0.25) is 0 Å². The maximum absolute atomic E-state index is 5.43. The SMILES string of the molecule is CCNC(=NCc1cc(OC)c(OC)c(OC)c1)NCCCCN1CCCCC1C. The van der Waals surface area contributed by atoms with Gasteiger partial charge in [-0.05, 0) is 70.3 Å². The molecule has 1 aromatic rings. The lowest BCUT2D eigenvalue weighted by molar-refractivity contribution is 0.158. The van der Waals surface area contributed by atoms with E-state index in [2.05, 4.69) is 29.4 Å². The molecule has 1 aliphatic heterocycles. The van der Waals surface area contributed by atoms with Crippen molar-refractivity contribution in [2.75, 3.05) is 47.5 Å². The van der Waals surface area contributed by atoms with Gasteiger partial charge in [0.1, 0.15) is 0 Å². The van der Waals surface area contributed by atoms with Crippen molar-refractivity contribution < 1.29 is 14.2 Å². The number of guanidine groups is 1. The number of likely N-dealkylation sites (tertiary alicyclic amines) is 1. The Morgan fingerprint density at radius 3 is 2.40 bits per heavy atom. The van der Waals surface area contributed by atoms with Gasteiger partial charge in [0, 0.05) is 19.1 Å². The van der Waals surface area contributed by atoms with E-state index in [0.717, 1.165) is 37.1 Å². The van der Waals surface area contributed by atoms with Gasteiger partial charge in [0.15, 0.2) is 17.5 Å². The molecule has 7 nitrogen and oxygen atoms in total. The zero-order valence-corrected chi connectivity index (χ0v) is 19.4. The Morgan fingerprint density at radius 2 is 1.80 bits per heavy atom. The van der Waals surface area contributed by atoms with E-state index in [4.69, 9.17) is 19.2 Å². The summed E-state index contributed by atoms with van der Waals surface area (Å²) in [7, 11) is 4.86. The Morgan fingerprint density at radius 1 is 1.07 bits per heavy atom. The molecule has 2 rings (SSSR count). The summed E-state index contributed by atoms with van der Waals surface area (Å²) >= 11 is 0. The molecule has 30 heavy (non-hydrogen) atoms. The standard InChI is InChI=1S/C23H40N4O3/c1-6-24-23(25-12-8-10-14-27-13-9-7-11-18(27)2)26-17-19-15-20(28-3)22(30-5)21(16-19)29-4/h15-16,18H,6-14,17H2,1-5H3,(H2,24,25,26). The largest absolute Gasteiger partial charge is 0.493 e. The van der Waals surface area contributed by atoms with Crippen molar-refractivity contribution in [2.45, 2.75) is 58.5 Å². The lowest BCUT2D eigenvalue weighted by Crippen LogP contribution is -2.39. The number of methoxy groups -OCH3 is 3. The normalized spacial score (nSPS) is 17.5. The molecule has 0 radical (unpaired) electrons. The number of hydrogen-bond donors (Lipinski definition) is 2. The van der Waals surface area contributed by atoms with Crippen molar-refractivity contribution in [2.24, 2.45) is 4.99 Å². The first-order valence-electron chi connectivity index (χ1n) is 11.2. The summed E-state index contributed by atoms with van der Waals surface area (Å²) in [5.41, 5.74) is 1.00. The monoisotopic (exact) mass is 420 g/mol. The van der Waals surface area contributed by atoms with E-state index in [1.807, 2.05) is 12.1 Å². The molecule has 0 amide bonds. The van der Waals surface area contributed by atoms with E-state index in [9.17, 15) is 0 Å². The van der Waals surface area contributed by atoms with Gasteiger partial charge < -0.3 is 29.7 Å². The minimum absolute atomic E-state index is 0.525. The van der Waals surface area contributed by atoms with Crippen molar-refractivity contribution in [3.8, 4) is 17.2 Å². The molecule has 1 aromatic carbocycles. The zero-order valence-electron chi connectivity index (χ0n) is 19.4. The molecular weight excluding hydrogens is 380 g/mol. The minimum atomic E-state index is 0.525. The Bertz CT molecular complexity index is 641. The molecule has 0 aromatic heterocycles. The van der Waals surface area contributed by atoms with E-state index in [1.54, 1.807) is 21.3 Å². The molecule has 1 heterocycles. The number of hydrogen-bond acceptors (Lipinski definition) is 5. The van der Waals surface area contributed by atoms with Crippen LogP contribution < -0.4 is 24.8 Å². The van der Waals surface area contributed by atoms with E-state index >= 15 is 0 Å². The van der Waals surface area contributed by atoms with Crippen LogP contribution in [0.1, 0.15) is 51.5 Å². The smallest absolute Gasteiger partial charge is 0.203 e. The maximum Gasteiger partial charge on any atom is 0.203 e. The molecule has 0 saturated carbocycles. The van der Waals surface area contributed by atoms with Crippen LogP contribution in [0.25, 0.3) is 0 Å². The number of rotatable bonds is 11. The number of benzene rings is 1. The molecule has 1 aliphatic rings. The van der Waals surface area contributed by atoms with Gasteiger partial charge in [-0.15, -0.1) is 0 Å². The Hall–Kier alpha value is -2.15. The molecule has 1 saturated heterocycles. The fourth-order valence-corrected chi connectivity index (χ4v) is 3.88. The molecule has 7 heteroatoms. The van der Waals surface area contributed by atoms with Gasteiger partial charge in [-0.25, -0.2) is 4.99 Å². The second-order valence-electron chi connectivity index (χ2n) is 7.74. The van der Waals surface area contributed by atoms with Gasteiger partial charge in [0.25, 0.3) is 0 Å². The second-order valence-corrected chi connectivity index (χ2v) is 7.74. The lowest BCUT2D eigenvalue weighted by atomic mass is 10.0. The van der Waals surface area contributed by atoms with E-state index in [-0.39, 0.29) is 0 Å². The third-order valence-electron chi connectivity index (χ3n) is 5.59. The van der Waals surface area contributed by atoms with Gasteiger partial charge in [-0.2, -0.15) is 0 Å². The van der Waals surface area contributed by atoms with Crippen molar-refractivity contribution in [1.29, 1.82) is 0 Å². The number of nitrogens with zero attached hydrogens (tertiary/aromatic N) is 2. The Balaban J connectivity index is 1.86. The molecular formula is C23H40N4O3. The fourth-order valence-electron chi connectivity index (χ4n) is 3.88. The first-order valence-corrected chi connectivity index (χ1v) is 11.2. The van der Waals surface area contributed by atoms with Gasteiger partial charge in [0.05, 0.1) is 27.9 Å². The van der Waals surface area contributed by atoms with Gasteiger partial charge in [-0.1, -0.05) is 6.42 Å². The number of ether oxygens (including phenoxy) is 3. The summed E-state index contributed by atoms with van der Waals surface area (Å²) in [6.45, 7) is 9.16. The summed E-state index contributed by atoms with van der Waals surface area (Å²) in [5.74, 6) is 2.72. The quantitative estimate of drug-likeness (QED) is 0.325. The summed E-state index contributed by atoms with van der Waals surface area (Å²) in [4.78, 5) is 7.35. The van der Waals surface area contributed by atoms with Crippen LogP contribution in [-0.4, -0.2) is 64.4 Å². The van der Waals surface area contributed by atoms with Crippen LogP contribution in [0.5, 0.6) is 17.2 Å². The van der Waals surface area contributed by atoms with Gasteiger partial charge in [-0.3, -0.25) is 0 Å². The first kappa shape index (κ1) is 24.1. The molecule has 0 aliphatic carbocycles. The third kappa shape index (κ3) is 7.27. The Labute approximate surface area is 182 Å². The number of piperidine rings is 1. The predicted molar refractivity (Wildman–Crippen MR) is 123 cm³/mol. The van der Waals surface area contributed by atoms with Crippen LogP contribution in [0.4, 0.5) is 0 Å². The topological polar surface area (TPSA) is 67.4 Å². The van der Waals surface area contributed by atoms with Crippen LogP contribution in [0, 0.1) is 0 Å². The highest BCUT2D eigenvalue weighted by Crippen LogP contribution is 2.38. The average Bonchev–Trinajstić information content (AvgIpc) is 2.77. The molecule has 1 unspecified atom stereocenters. The van der Waals surface area contributed by atoms with Crippen molar-refractivity contribution in [3.05, 3.63) is 17.7 Å². The Kier molecular flexibility index (Phi) is 10.6. The number of unbranched alkanes of at least 4 members (excludes halogenated alkanes) is 1. The predicted octanol–water partition coefficient (Wildman–Crippen LogP) is 3.42. The van der Waals surface area contributed by atoms with Crippen LogP contribution in [-0.2, 0) is 6.54 Å². The number of aliphatic imine (C=N–C) groups is 1. The van der Waals surface area contributed by atoms with Crippen molar-refractivity contribution >= 4 is 5.96 Å². The molecule has 1 fully saturated rings. The van der Waals surface area contributed by atoms with E-state index in [1.165, 1.54) is 38.8 Å². The highest BCUT2D eigenvalue weighted by atomic mass is 16.5. The summed E-state index contributed by atoms with van der Waals surface area (Å²) in [6.07, 6.45) is 6.42. The van der Waals surface area contributed by atoms with Gasteiger partial charge in [0.2, 0.25) is 5.75 Å². The second kappa shape index (κ2) is 13.2. The molecule has 1 atom stereocenters. The average molecular weight is 421 g/mol. The van der Waals surface area contributed by atoms with Crippen LogP contribution in [0.15, 0.2) is 17.1 Å². The lowest BCUT2D eigenvalue weighted by Gasteiger charge is -2.33. The summed E-state index contributed by atoms with van der Waals surface area (Å²) in [5, 5.41) is 6.77. The molecule has 170 valence electrons. The maximum atomic E-state index is 5.43. The van der Waals surface area contributed by atoms with Gasteiger partial charge >= 0.3 is 0 Å². The highest BCUT2D eigenvalue weighted by molar-refractivity contribution is 5.79. The summed E-state index contributed by atoms with van der Waals surface area (Å²) < 4.78 is 16.3. The summed E-state index contributed by atoms with van der Waals surface area (Å²) in [6, 6.07) is 4.62. The van der Waals surface area contributed by atoms with Crippen LogP contribution >= 0.6 is 0 Å². The van der Waals surface area contributed by atoms with E-state index in [0.29, 0.717) is 23.8 Å². The van der Waals surface area contributed by atoms with Crippen molar-refractivity contribution in [3.63, 3.8) is 0 Å². The minimum Gasteiger partial charge on any atom is -0.493 e. The number of nitrogens with one attached hydrogen (secondary N) is 2. The zero-order chi connectivity index (χ0) is 21.8. The first-order chi connectivity index (χ1) is 14.6.